The summed E-state index contributed by atoms with van der Waals surface area (Å²) >= 11 is -0.539. The van der Waals surface area contributed by atoms with Crippen molar-refractivity contribution in [3.05, 3.63) is 36.5 Å². The zero-order chi connectivity index (χ0) is 13.4. The molecule has 18 heavy (non-hydrogen) atoms. The van der Waals surface area contributed by atoms with Crippen LogP contribution in [0.25, 0.3) is 10.9 Å². The standard InChI is InChI=1S/C11H6F5NS/c12-10(13,14)11(15,16)18-8-5-1-3-7-4-2-6-17-9(7)8/h1-6H. The first-order chi connectivity index (χ1) is 8.31. The number of hydrogen-bond donors (Lipinski definition) is 0. The van der Waals surface area contributed by atoms with Crippen molar-refractivity contribution in [2.75, 3.05) is 0 Å². The van der Waals surface area contributed by atoms with Crippen LogP contribution in [0.5, 0.6) is 0 Å². The molecule has 0 aliphatic rings. The number of alkyl halides is 5. The van der Waals surface area contributed by atoms with Crippen molar-refractivity contribution in [2.24, 2.45) is 0 Å². The second-order valence-electron chi connectivity index (χ2n) is 3.45. The zero-order valence-corrected chi connectivity index (χ0v) is 9.53. The lowest BCUT2D eigenvalue weighted by molar-refractivity contribution is -0.237. The van der Waals surface area contributed by atoms with E-state index >= 15 is 0 Å². The maximum absolute atomic E-state index is 13.0. The Balaban J connectivity index is 2.44. The summed E-state index contributed by atoms with van der Waals surface area (Å²) in [6.07, 6.45) is -4.24. The van der Waals surface area contributed by atoms with Gasteiger partial charge in [-0.2, -0.15) is 22.0 Å². The summed E-state index contributed by atoms with van der Waals surface area (Å²) in [5.74, 6) is 0. The molecule has 7 heteroatoms. The molecule has 1 aromatic carbocycles. The van der Waals surface area contributed by atoms with E-state index in [1.807, 2.05) is 0 Å². The molecule has 0 fully saturated rings. The van der Waals surface area contributed by atoms with Crippen LogP contribution in [0.2, 0.25) is 0 Å². The first-order valence-corrected chi connectivity index (χ1v) is 5.60. The van der Waals surface area contributed by atoms with E-state index in [0.717, 1.165) is 0 Å². The van der Waals surface area contributed by atoms with Crippen molar-refractivity contribution in [3.8, 4) is 0 Å². The molecular formula is C11H6F5NS. The van der Waals surface area contributed by atoms with Crippen molar-refractivity contribution in [2.45, 2.75) is 16.3 Å². The van der Waals surface area contributed by atoms with Crippen molar-refractivity contribution in [1.82, 2.24) is 4.98 Å². The van der Waals surface area contributed by atoms with Gasteiger partial charge in [-0.05, 0) is 23.9 Å². The van der Waals surface area contributed by atoms with Crippen molar-refractivity contribution >= 4 is 22.7 Å². The Hall–Kier alpha value is -1.37. The predicted molar refractivity (Wildman–Crippen MR) is 58.6 cm³/mol. The molecule has 1 heterocycles. The van der Waals surface area contributed by atoms with Gasteiger partial charge in [0.15, 0.2) is 0 Å². The van der Waals surface area contributed by atoms with Gasteiger partial charge in [-0.3, -0.25) is 4.98 Å². The van der Waals surface area contributed by atoms with Crippen LogP contribution in [0.3, 0.4) is 0 Å². The molecule has 0 N–H and O–H groups in total. The molecule has 0 aliphatic carbocycles. The van der Waals surface area contributed by atoms with Gasteiger partial charge in [-0.25, -0.2) is 0 Å². The number of hydrogen-bond acceptors (Lipinski definition) is 2. The highest BCUT2D eigenvalue weighted by Gasteiger charge is 2.58. The van der Waals surface area contributed by atoms with Gasteiger partial charge in [0, 0.05) is 16.5 Å². The number of para-hydroxylation sites is 1. The first-order valence-electron chi connectivity index (χ1n) is 4.78. The van der Waals surface area contributed by atoms with Crippen LogP contribution in [-0.4, -0.2) is 16.4 Å². The van der Waals surface area contributed by atoms with Gasteiger partial charge in [0.05, 0.1) is 5.52 Å². The topological polar surface area (TPSA) is 12.9 Å². The molecule has 0 unspecified atom stereocenters. The van der Waals surface area contributed by atoms with Gasteiger partial charge < -0.3 is 0 Å². The third-order valence-corrected chi connectivity index (χ3v) is 3.20. The minimum absolute atomic E-state index is 0.133. The molecule has 0 aliphatic heterocycles. The van der Waals surface area contributed by atoms with Crippen molar-refractivity contribution < 1.29 is 22.0 Å². The molecule has 1 aromatic heterocycles. The van der Waals surface area contributed by atoms with Gasteiger partial charge in [-0.15, -0.1) is 0 Å². The lowest BCUT2D eigenvalue weighted by Gasteiger charge is -2.19. The van der Waals surface area contributed by atoms with Crippen LogP contribution in [0, 0.1) is 0 Å². The monoisotopic (exact) mass is 279 g/mol. The molecule has 0 radical (unpaired) electrons. The van der Waals surface area contributed by atoms with Crippen LogP contribution in [0.1, 0.15) is 0 Å². The van der Waals surface area contributed by atoms with Gasteiger partial charge >= 0.3 is 11.4 Å². The molecule has 2 rings (SSSR count). The third kappa shape index (κ3) is 2.40. The second kappa shape index (κ2) is 4.38. The summed E-state index contributed by atoms with van der Waals surface area (Å²) < 4.78 is 62.3. The van der Waals surface area contributed by atoms with Crippen LogP contribution in [-0.2, 0) is 0 Å². The third-order valence-electron chi connectivity index (χ3n) is 2.16. The Labute approximate surface area is 103 Å². The minimum Gasteiger partial charge on any atom is -0.255 e. The molecule has 0 atom stereocenters. The summed E-state index contributed by atoms with van der Waals surface area (Å²) in [5.41, 5.74) is 0.133. The Bertz CT molecular complexity index is 561. The second-order valence-corrected chi connectivity index (χ2v) is 4.60. The molecule has 0 saturated carbocycles. The molecule has 96 valence electrons. The van der Waals surface area contributed by atoms with E-state index in [4.69, 9.17) is 0 Å². The van der Waals surface area contributed by atoms with E-state index in [1.165, 1.54) is 18.3 Å². The fraction of sp³-hybridized carbons (Fsp3) is 0.182. The van der Waals surface area contributed by atoms with Crippen LogP contribution in [0.15, 0.2) is 41.4 Å². The summed E-state index contributed by atoms with van der Waals surface area (Å²) in [6, 6.07) is 7.38. The number of fused-ring (bicyclic) bond motifs is 1. The Kier molecular flexibility index (Phi) is 3.18. The van der Waals surface area contributed by atoms with E-state index in [0.29, 0.717) is 5.39 Å². The minimum atomic E-state index is -5.59. The van der Waals surface area contributed by atoms with Crippen LogP contribution < -0.4 is 0 Å². The number of pyridine rings is 1. The Morgan fingerprint density at radius 2 is 1.61 bits per heavy atom. The Morgan fingerprint density at radius 3 is 2.28 bits per heavy atom. The van der Waals surface area contributed by atoms with Crippen molar-refractivity contribution in [3.63, 3.8) is 0 Å². The summed E-state index contributed by atoms with van der Waals surface area (Å²) in [5, 5.41) is -4.32. The molecule has 0 amide bonds. The average molecular weight is 279 g/mol. The Morgan fingerprint density at radius 1 is 0.944 bits per heavy atom. The first kappa shape index (κ1) is 13.1. The van der Waals surface area contributed by atoms with Gasteiger partial charge in [0.1, 0.15) is 0 Å². The van der Waals surface area contributed by atoms with E-state index in [1.54, 1.807) is 18.2 Å². The smallest absolute Gasteiger partial charge is 0.255 e. The molecule has 2 aromatic rings. The number of rotatable bonds is 2. The van der Waals surface area contributed by atoms with Crippen molar-refractivity contribution in [1.29, 1.82) is 0 Å². The summed E-state index contributed by atoms with van der Waals surface area (Å²) in [7, 11) is 0. The molecule has 1 nitrogen and oxygen atoms in total. The quantitative estimate of drug-likeness (QED) is 0.593. The SMILES string of the molecule is FC(F)(F)C(F)(F)Sc1cccc2cccnc12. The van der Waals surface area contributed by atoms with Crippen LogP contribution >= 0.6 is 11.8 Å². The summed E-state index contributed by atoms with van der Waals surface area (Å²) in [4.78, 5) is 3.63. The number of thioether (sulfide) groups is 1. The predicted octanol–water partition coefficient (Wildman–Crippen LogP) is 4.48. The lowest BCUT2D eigenvalue weighted by atomic mass is 10.2. The van der Waals surface area contributed by atoms with E-state index in [9.17, 15) is 22.0 Å². The highest BCUT2D eigenvalue weighted by Crippen LogP contribution is 2.48. The lowest BCUT2D eigenvalue weighted by Crippen LogP contribution is -2.32. The highest BCUT2D eigenvalue weighted by atomic mass is 32.2. The molecule has 0 bridgehead atoms. The highest BCUT2D eigenvalue weighted by molar-refractivity contribution is 8.00. The number of nitrogens with zero attached hydrogens (tertiary/aromatic N) is 1. The number of aromatic nitrogens is 1. The van der Waals surface area contributed by atoms with E-state index < -0.39 is 23.2 Å². The normalized spacial score (nSPS) is 12.9. The van der Waals surface area contributed by atoms with E-state index in [2.05, 4.69) is 4.98 Å². The maximum Gasteiger partial charge on any atom is 0.464 e. The van der Waals surface area contributed by atoms with Gasteiger partial charge in [0.2, 0.25) is 0 Å². The molecule has 0 saturated heterocycles. The fourth-order valence-electron chi connectivity index (χ4n) is 1.35. The van der Waals surface area contributed by atoms with Crippen LogP contribution in [0.4, 0.5) is 22.0 Å². The number of benzene rings is 1. The number of halogens is 5. The van der Waals surface area contributed by atoms with E-state index in [-0.39, 0.29) is 10.4 Å². The maximum atomic E-state index is 13.0. The zero-order valence-electron chi connectivity index (χ0n) is 8.71. The van der Waals surface area contributed by atoms with Gasteiger partial charge in [-0.1, -0.05) is 18.2 Å². The summed E-state index contributed by atoms with van der Waals surface area (Å²) in [6.45, 7) is 0. The largest absolute Gasteiger partial charge is 0.464 e. The average Bonchev–Trinajstić information content (AvgIpc) is 2.27. The fourth-order valence-corrected chi connectivity index (χ4v) is 2.16. The molecular weight excluding hydrogens is 273 g/mol. The van der Waals surface area contributed by atoms with Gasteiger partial charge in [0.25, 0.3) is 0 Å². The molecule has 0 spiro atoms.